The molecule has 0 heterocycles. The number of guanidine groups is 1. The number of carboxylic acids is 1. The van der Waals surface area contributed by atoms with Crippen molar-refractivity contribution in [2.45, 2.75) is 39.5 Å². The summed E-state index contributed by atoms with van der Waals surface area (Å²) in [5.74, 6) is -0.811. The molecule has 20 heavy (non-hydrogen) atoms. The van der Waals surface area contributed by atoms with Crippen LogP contribution in [0.1, 0.15) is 50.7 Å². The first kappa shape index (κ1) is 16.0. The van der Waals surface area contributed by atoms with Gasteiger partial charge in [0, 0.05) is 0 Å². The second-order valence-corrected chi connectivity index (χ2v) is 5.46. The predicted molar refractivity (Wildman–Crippen MR) is 81.5 cm³/mol. The summed E-state index contributed by atoms with van der Waals surface area (Å²) in [5, 5.41) is 16.8. The maximum atomic E-state index is 11.1. The second kappa shape index (κ2) is 6.41. The monoisotopic (exact) mass is 277 g/mol. The minimum absolute atomic E-state index is 0.222. The van der Waals surface area contributed by atoms with E-state index in [9.17, 15) is 4.79 Å². The van der Waals surface area contributed by atoms with E-state index in [-0.39, 0.29) is 24.3 Å². The standard InChI is InChI=1S/C15H23N3O2/c1-9(2)11-6-5-7-12(10(3)4)14(11)18(15(16)17)8-13(19)20/h5-7,9-10H,8H2,1-4H3,(H3,16,17)(H,19,20). The van der Waals surface area contributed by atoms with Crippen LogP contribution in [0, 0.1) is 5.41 Å². The van der Waals surface area contributed by atoms with Gasteiger partial charge in [0.05, 0.1) is 5.69 Å². The Bertz CT molecular complexity index is 484. The van der Waals surface area contributed by atoms with Gasteiger partial charge in [-0.25, -0.2) is 0 Å². The summed E-state index contributed by atoms with van der Waals surface area (Å²) < 4.78 is 0. The molecular formula is C15H23N3O2. The van der Waals surface area contributed by atoms with Crippen molar-refractivity contribution in [2.75, 3.05) is 11.4 Å². The van der Waals surface area contributed by atoms with Crippen molar-refractivity contribution in [1.82, 2.24) is 0 Å². The van der Waals surface area contributed by atoms with Gasteiger partial charge in [-0.3, -0.25) is 10.2 Å². The van der Waals surface area contributed by atoms with Crippen molar-refractivity contribution in [3.05, 3.63) is 29.3 Å². The van der Waals surface area contributed by atoms with Gasteiger partial charge in [-0.05, 0) is 23.0 Å². The van der Waals surface area contributed by atoms with Crippen molar-refractivity contribution in [1.29, 1.82) is 5.41 Å². The van der Waals surface area contributed by atoms with Crippen LogP contribution < -0.4 is 10.6 Å². The number of para-hydroxylation sites is 1. The number of carbonyl (C=O) groups is 1. The third-order valence-electron chi connectivity index (χ3n) is 3.20. The summed E-state index contributed by atoms with van der Waals surface area (Å²) in [6.45, 7) is 7.87. The maximum Gasteiger partial charge on any atom is 0.323 e. The van der Waals surface area contributed by atoms with E-state index < -0.39 is 5.97 Å². The molecule has 5 heteroatoms. The number of hydrogen-bond donors (Lipinski definition) is 3. The van der Waals surface area contributed by atoms with E-state index in [4.69, 9.17) is 16.2 Å². The van der Waals surface area contributed by atoms with E-state index >= 15 is 0 Å². The minimum atomic E-state index is -1.01. The molecule has 0 spiro atoms. The van der Waals surface area contributed by atoms with Crippen molar-refractivity contribution in [3.8, 4) is 0 Å². The topological polar surface area (TPSA) is 90.4 Å². The minimum Gasteiger partial charge on any atom is -0.480 e. The van der Waals surface area contributed by atoms with E-state index in [0.29, 0.717) is 0 Å². The lowest BCUT2D eigenvalue weighted by Crippen LogP contribution is -2.41. The first-order valence-corrected chi connectivity index (χ1v) is 6.71. The van der Waals surface area contributed by atoms with Crippen LogP contribution in [-0.4, -0.2) is 23.6 Å². The van der Waals surface area contributed by atoms with Gasteiger partial charge in [-0.2, -0.15) is 0 Å². The molecule has 0 fully saturated rings. The highest BCUT2D eigenvalue weighted by Crippen LogP contribution is 2.35. The summed E-state index contributed by atoms with van der Waals surface area (Å²) >= 11 is 0. The van der Waals surface area contributed by atoms with Crippen molar-refractivity contribution < 1.29 is 9.90 Å². The van der Waals surface area contributed by atoms with Gasteiger partial charge < -0.3 is 15.7 Å². The molecule has 0 aliphatic carbocycles. The Morgan fingerprint density at radius 1 is 1.25 bits per heavy atom. The molecular weight excluding hydrogens is 254 g/mol. The summed E-state index contributed by atoms with van der Waals surface area (Å²) in [6, 6.07) is 5.89. The SMILES string of the molecule is CC(C)c1cccc(C(C)C)c1N(CC(=O)O)C(=N)N. The lowest BCUT2D eigenvalue weighted by Gasteiger charge is -2.29. The summed E-state index contributed by atoms with van der Waals surface area (Å²) in [5.41, 5.74) is 8.37. The Balaban J connectivity index is 3.50. The van der Waals surface area contributed by atoms with E-state index in [0.717, 1.165) is 16.8 Å². The zero-order chi connectivity index (χ0) is 15.4. The number of carboxylic acid groups (broad SMARTS) is 1. The smallest absolute Gasteiger partial charge is 0.323 e. The zero-order valence-corrected chi connectivity index (χ0v) is 12.5. The first-order chi connectivity index (χ1) is 9.25. The lowest BCUT2D eigenvalue weighted by atomic mass is 9.92. The first-order valence-electron chi connectivity index (χ1n) is 6.71. The number of benzene rings is 1. The molecule has 0 aromatic heterocycles. The number of rotatable bonds is 5. The van der Waals surface area contributed by atoms with Crippen molar-refractivity contribution in [2.24, 2.45) is 5.73 Å². The second-order valence-electron chi connectivity index (χ2n) is 5.46. The predicted octanol–water partition coefficient (Wildman–Crippen LogP) is 2.72. The Labute approximate surface area is 119 Å². The van der Waals surface area contributed by atoms with Gasteiger partial charge in [0.25, 0.3) is 0 Å². The van der Waals surface area contributed by atoms with Crippen LogP contribution >= 0.6 is 0 Å². The van der Waals surface area contributed by atoms with Crippen LogP contribution in [0.5, 0.6) is 0 Å². The van der Waals surface area contributed by atoms with Gasteiger partial charge in [0.2, 0.25) is 0 Å². The molecule has 0 bridgehead atoms. The average molecular weight is 277 g/mol. The molecule has 0 unspecified atom stereocenters. The summed E-state index contributed by atoms with van der Waals surface area (Å²) in [6.07, 6.45) is 0. The number of nitrogens with two attached hydrogens (primary N) is 1. The molecule has 110 valence electrons. The third-order valence-corrected chi connectivity index (χ3v) is 3.20. The van der Waals surface area contributed by atoms with Crippen LogP contribution in [0.3, 0.4) is 0 Å². The fourth-order valence-electron chi connectivity index (χ4n) is 2.24. The molecule has 1 aromatic rings. The Kier molecular flexibility index (Phi) is 5.13. The molecule has 5 nitrogen and oxygen atoms in total. The lowest BCUT2D eigenvalue weighted by molar-refractivity contribution is -0.135. The van der Waals surface area contributed by atoms with Gasteiger partial charge in [0.15, 0.2) is 5.96 Å². The number of aliphatic carboxylic acids is 1. The number of nitrogens with one attached hydrogen (secondary N) is 1. The normalized spacial score (nSPS) is 10.9. The van der Waals surface area contributed by atoms with Crippen LogP contribution in [0.2, 0.25) is 0 Å². The Morgan fingerprint density at radius 2 is 1.70 bits per heavy atom. The van der Waals surface area contributed by atoms with Gasteiger partial charge in [-0.15, -0.1) is 0 Å². The van der Waals surface area contributed by atoms with Crippen LogP contribution in [0.25, 0.3) is 0 Å². The summed E-state index contributed by atoms with van der Waals surface area (Å²) in [4.78, 5) is 12.4. The van der Waals surface area contributed by atoms with E-state index in [2.05, 4.69) is 0 Å². The molecule has 0 radical (unpaired) electrons. The largest absolute Gasteiger partial charge is 0.480 e. The molecule has 0 saturated carbocycles. The van der Waals surface area contributed by atoms with E-state index in [1.165, 1.54) is 4.90 Å². The number of nitrogens with zero attached hydrogens (tertiary/aromatic N) is 1. The number of anilines is 1. The quantitative estimate of drug-likeness (QED) is 0.570. The van der Waals surface area contributed by atoms with Gasteiger partial charge in [-0.1, -0.05) is 45.9 Å². The third kappa shape index (κ3) is 3.50. The van der Waals surface area contributed by atoms with Gasteiger partial charge >= 0.3 is 5.97 Å². The molecule has 0 amide bonds. The molecule has 0 aliphatic heterocycles. The van der Waals surface area contributed by atoms with E-state index in [1.54, 1.807) is 0 Å². The van der Waals surface area contributed by atoms with Crippen LogP contribution in [0.15, 0.2) is 18.2 Å². The molecule has 1 aromatic carbocycles. The Morgan fingerprint density at radius 3 is 2.00 bits per heavy atom. The molecule has 1 rings (SSSR count). The molecule has 4 N–H and O–H groups in total. The van der Waals surface area contributed by atoms with Crippen LogP contribution in [0.4, 0.5) is 5.69 Å². The van der Waals surface area contributed by atoms with Gasteiger partial charge in [0.1, 0.15) is 6.54 Å². The van der Waals surface area contributed by atoms with Crippen molar-refractivity contribution in [3.63, 3.8) is 0 Å². The Hall–Kier alpha value is -2.04. The summed E-state index contributed by atoms with van der Waals surface area (Å²) in [7, 11) is 0. The van der Waals surface area contributed by atoms with Crippen LogP contribution in [-0.2, 0) is 4.79 Å². The maximum absolute atomic E-state index is 11.1. The fourth-order valence-corrected chi connectivity index (χ4v) is 2.24. The molecule has 0 aliphatic rings. The highest BCUT2D eigenvalue weighted by molar-refractivity contribution is 5.98. The molecule has 0 atom stereocenters. The highest BCUT2D eigenvalue weighted by atomic mass is 16.4. The average Bonchev–Trinajstić information content (AvgIpc) is 2.34. The highest BCUT2D eigenvalue weighted by Gasteiger charge is 2.22. The number of hydrogen-bond acceptors (Lipinski definition) is 2. The van der Waals surface area contributed by atoms with Crippen molar-refractivity contribution >= 4 is 17.6 Å². The zero-order valence-electron chi connectivity index (χ0n) is 12.5. The fraction of sp³-hybridized carbons (Fsp3) is 0.467. The molecule has 0 saturated heterocycles. The van der Waals surface area contributed by atoms with E-state index in [1.807, 2.05) is 45.9 Å².